The quantitative estimate of drug-likeness (QED) is 0.565. The first-order chi connectivity index (χ1) is 13.1. The Balaban J connectivity index is 1.65. The summed E-state index contributed by atoms with van der Waals surface area (Å²) in [5, 5.41) is 10.5. The Morgan fingerprint density at radius 1 is 0.778 bits per heavy atom. The fourth-order valence-electron chi connectivity index (χ4n) is 3.12. The summed E-state index contributed by atoms with van der Waals surface area (Å²) in [4.78, 5) is 37.5. The third-order valence-corrected chi connectivity index (χ3v) is 4.48. The number of carbonyl (C=O) groups is 3. The van der Waals surface area contributed by atoms with Gasteiger partial charge in [-0.3, -0.25) is 14.4 Å². The summed E-state index contributed by atoms with van der Waals surface area (Å²) in [6, 6.07) is 17.9. The van der Waals surface area contributed by atoms with Crippen LogP contribution in [0.15, 0.2) is 66.7 Å². The van der Waals surface area contributed by atoms with E-state index in [-0.39, 0.29) is 40.6 Å². The van der Waals surface area contributed by atoms with Gasteiger partial charge in [0.05, 0.1) is 5.56 Å². The van der Waals surface area contributed by atoms with Crippen molar-refractivity contribution in [3.8, 4) is 11.5 Å². The smallest absolute Gasteiger partial charge is 0.200 e. The number of phenolic OH excluding ortho intramolecular Hbond substituents is 1. The van der Waals surface area contributed by atoms with E-state index in [0.717, 1.165) is 0 Å². The summed E-state index contributed by atoms with van der Waals surface area (Å²) in [6.45, 7) is -0.297. The van der Waals surface area contributed by atoms with Gasteiger partial charge in [0.1, 0.15) is 0 Å². The number of Topliss-reactive ketones (excluding diaryl/α,β-unsaturated/α-hetero) is 1. The molecule has 27 heavy (non-hydrogen) atoms. The fraction of sp³-hybridized carbons (Fsp3) is 0.0455. The number of ketones is 3. The zero-order valence-corrected chi connectivity index (χ0v) is 14.1. The summed E-state index contributed by atoms with van der Waals surface area (Å²) in [7, 11) is 0. The summed E-state index contributed by atoms with van der Waals surface area (Å²) < 4.78 is 5.43. The molecular formula is C22H14O5. The number of ether oxygens (including phenoxy) is 1. The number of hydrogen-bond donors (Lipinski definition) is 1. The molecule has 0 amide bonds. The Bertz CT molecular complexity index is 1080. The van der Waals surface area contributed by atoms with Gasteiger partial charge >= 0.3 is 0 Å². The molecule has 0 saturated heterocycles. The molecule has 3 aromatic rings. The minimum Gasteiger partial charge on any atom is -0.504 e. The van der Waals surface area contributed by atoms with Gasteiger partial charge in [-0.25, -0.2) is 0 Å². The van der Waals surface area contributed by atoms with Crippen LogP contribution >= 0.6 is 0 Å². The monoisotopic (exact) mass is 358 g/mol. The van der Waals surface area contributed by atoms with Crippen LogP contribution in [0.4, 0.5) is 0 Å². The lowest BCUT2D eigenvalue weighted by Crippen LogP contribution is -2.21. The van der Waals surface area contributed by atoms with E-state index in [9.17, 15) is 19.5 Å². The van der Waals surface area contributed by atoms with Gasteiger partial charge in [-0.2, -0.15) is 0 Å². The zero-order chi connectivity index (χ0) is 19.0. The van der Waals surface area contributed by atoms with Crippen LogP contribution in [0.2, 0.25) is 0 Å². The molecule has 3 aromatic carbocycles. The number of benzene rings is 3. The summed E-state index contributed by atoms with van der Waals surface area (Å²) >= 11 is 0. The molecule has 1 aliphatic rings. The Labute approximate surface area is 154 Å². The molecule has 0 aromatic heterocycles. The van der Waals surface area contributed by atoms with Gasteiger partial charge in [0.2, 0.25) is 0 Å². The van der Waals surface area contributed by atoms with Crippen LogP contribution < -0.4 is 4.74 Å². The molecule has 0 heterocycles. The van der Waals surface area contributed by atoms with E-state index in [1.165, 1.54) is 12.1 Å². The topological polar surface area (TPSA) is 80.7 Å². The van der Waals surface area contributed by atoms with E-state index in [1.807, 2.05) is 0 Å². The van der Waals surface area contributed by atoms with Crippen LogP contribution in [0, 0.1) is 0 Å². The molecule has 0 radical (unpaired) electrons. The van der Waals surface area contributed by atoms with Crippen molar-refractivity contribution < 1.29 is 24.2 Å². The van der Waals surface area contributed by atoms with Gasteiger partial charge in [-0.1, -0.05) is 54.6 Å². The first kappa shape index (κ1) is 16.7. The molecule has 0 bridgehead atoms. The number of carbonyl (C=O) groups excluding carboxylic acids is 3. The maximum atomic E-state index is 12.8. The highest BCUT2D eigenvalue weighted by atomic mass is 16.5. The van der Waals surface area contributed by atoms with E-state index in [0.29, 0.717) is 11.1 Å². The van der Waals surface area contributed by atoms with Crippen LogP contribution in [0.3, 0.4) is 0 Å². The Morgan fingerprint density at radius 2 is 1.41 bits per heavy atom. The van der Waals surface area contributed by atoms with Crippen molar-refractivity contribution >= 4 is 17.3 Å². The predicted molar refractivity (Wildman–Crippen MR) is 97.7 cm³/mol. The Kier molecular flexibility index (Phi) is 4.05. The summed E-state index contributed by atoms with van der Waals surface area (Å²) in [5.74, 6) is -1.49. The molecule has 132 valence electrons. The SMILES string of the molecule is O=C(COc1ccc2c(c1O)C(=O)c1ccccc1C2=O)c1ccccc1. The van der Waals surface area contributed by atoms with Crippen molar-refractivity contribution in [3.63, 3.8) is 0 Å². The number of phenols is 1. The van der Waals surface area contributed by atoms with E-state index in [1.54, 1.807) is 54.6 Å². The summed E-state index contributed by atoms with van der Waals surface area (Å²) in [6.07, 6.45) is 0. The first-order valence-electron chi connectivity index (χ1n) is 8.33. The maximum absolute atomic E-state index is 12.8. The second-order valence-corrected chi connectivity index (χ2v) is 6.12. The van der Waals surface area contributed by atoms with Crippen LogP contribution in [-0.4, -0.2) is 29.1 Å². The highest BCUT2D eigenvalue weighted by molar-refractivity contribution is 6.29. The van der Waals surface area contributed by atoms with Gasteiger partial charge in [0.15, 0.2) is 35.5 Å². The second kappa shape index (κ2) is 6.53. The van der Waals surface area contributed by atoms with Gasteiger partial charge < -0.3 is 9.84 Å². The second-order valence-electron chi connectivity index (χ2n) is 6.12. The van der Waals surface area contributed by atoms with Crippen LogP contribution in [0.5, 0.6) is 11.5 Å². The maximum Gasteiger partial charge on any atom is 0.200 e. The molecule has 5 heteroatoms. The van der Waals surface area contributed by atoms with Crippen molar-refractivity contribution in [2.45, 2.75) is 0 Å². The van der Waals surface area contributed by atoms with Crippen molar-refractivity contribution in [2.24, 2.45) is 0 Å². The minimum absolute atomic E-state index is 0.0152. The number of fused-ring (bicyclic) bond motifs is 2. The van der Waals surface area contributed by atoms with Gasteiger partial charge in [0.25, 0.3) is 0 Å². The molecule has 5 nitrogen and oxygen atoms in total. The van der Waals surface area contributed by atoms with E-state index >= 15 is 0 Å². The number of rotatable bonds is 4. The first-order valence-corrected chi connectivity index (χ1v) is 8.33. The molecule has 4 rings (SSSR count). The Hall–Kier alpha value is -3.73. The molecule has 0 aliphatic heterocycles. The summed E-state index contributed by atoms with van der Waals surface area (Å²) in [5.41, 5.74) is 1.06. The normalized spacial score (nSPS) is 12.3. The molecule has 0 atom stereocenters. The van der Waals surface area contributed by atoms with E-state index < -0.39 is 11.5 Å². The van der Waals surface area contributed by atoms with Gasteiger partial charge in [-0.15, -0.1) is 0 Å². The van der Waals surface area contributed by atoms with E-state index in [4.69, 9.17) is 4.74 Å². The van der Waals surface area contributed by atoms with Crippen LogP contribution in [-0.2, 0) is 0 Å². The largest absolute Gasteiger partial charge is 0.504 e. The van der Waals surface area contributed by atoms with Gasteiger partial charge in [0, 0.05) is 22.3 Å². The standard InChI is InChI=1S/C22H14O5/c23-17(13-6-2-1-3-7-13)12-27-18-11-10-16-19(22(18)26)21(25)15-9-5-4-8-14(15)20(16)24/h1-11,26H,12H2. The lowest BCUT2D eigenvalue weighted by atomic mass is 9.83. The lowest BCUT2D eigenvalue weighted by Gasteiger charge is -2.19. The van der Waals surface area contributed by atoms with Crippen LogP contribution in [0.1, 0.15) is 42.2 Å². The zero-order valence-electron chi connectivity index (χ0n) is 14.1. The molecule has 1 aliphatic carbocycles. The lowest BCUT2D eigenvalue weighted by molar-refractivity contribution is 0.0918. The van der Waals surface area contributed by atoms with Crippen molar-refractivity contribution in [1.29, 1.82) is 0 Å². The molecule has 0 unspecified atom stereocenters. The minimum atomic E-state index is -0.447. The molecule has 1 N–H and O–H groups in total. The highest BCUT2D eigenvalue weighted by Crippen LogP contribution is 2.38. The van der Waals surface area contributed by atoms with Crippen LogP contribution in [0.25, 0.3) is 0 Å². The average molecular weight is 358 g/mol. The molecule has 0 spiro atoms. The fourth-order valence-corrected chi connectivity index (χ4v) is 3.12. The van der Waals surface area contributed by atoms with Crippen molar-refractivity contribution in [3.05, 3.63) is 94.5 Å². The third-order valence-electron chi connectivity index (χ3n) is 4.48. The Morgan fingerprint density at radius 3 is 2.11 bits per heavy atom. The number of hydrogen-bond acceptors (Lipinski definition) is 5. The molecule has 0 fully saturated rings. The van der Waals surface area contributed by atoms with Crippen molar-refractivity contribution in [2.75, 3.05) is 6.61 Å². The predicted octanol–water partition coefficient (Wildman–Crippen LogP) is 3.43. The molecule has 0 saturated carbocycles. The molecular weight excluding hydrogens is 344 g/mol. The highest BCUT2D eigenvalue weighted by Gasteiger charge is 2.33. The average Bonchev–Trinajstić information content (AvgIpc) is 2.71. The number of aromatic hydroxyl groups is 1. The van der Waals surface area contributed by atoms with Crippen molar-refractivity contribution in [1.82, 2.24) is 0 Å². The third kappa shape index (κ3) is 2.79. The van der Waals surface area contributed by atoms with E-state index in [2.05, 4.69) is 0 Å². The van der Waals surface area contributed by atoms with Gasteiger partial charge in [-0.05, 0) is 12.1 Å².